The average molecular weight is 353 g/mol. The van der Waals surface area contributed by atoms with Gasteiger partial charge < -0.3 is 14.8 Å². The van der Waals surface area contributed by atoms with Crippen LogP contribution in [0.25, 0.3) is 0 Å². The maximum absolute atomic E-state index is 13.1. The normalized spacial score (nSPS) is 15.0. The number of carbonyl (C=O) groups is 2. The highest BCUT2D eigenvalue weighted by Gasteiger charge is 2.24. The number of aryl methyl sites for hydroxylation is 3. The van der Waals surface area contributed by atoms with E-state index >= 15 is 0 Å². The summed E-state index contributed by atoms with van der Waals surface area (Å²) in [5.74, 6) is 0.197. The Balaban J connectivity index is 1.67. The van der Waals surface area contributed by atoms with E-state index in [1.165, 1.54) is 5.56 Å². The molecule has 1 aromatic heterocycles. The minimum atomic E-state index is 0.0821. The van der Waals surface area contributed by atoms with Gasteiger partial charge in [-0.1, -0.05) is 17.7 Å². The van der Waals surface area contributed by atoms with Gasteiger partial charge in [0.05, 0.1) is 6.42 Å². The molecule has 0 saturated carbocycles. The first-order valence-electron chi connectivity index (χ1n) is 9.23. The van der Waals surface area contributed by atoms with E-state index in [0.717, 1.165) is 28.8 Å². The first-order valence-corrected chi connectivity index (χ1v) is 9.23. The van der Waals surface area contributed by atoms with Gasteiger partial charge in [-0.15, -0.1) is 0 Å². The van der Waals surface area contributed by atoms with Gasteiger partial charge in [-0.3, -0.25) is 9.59 Å². The SMILES string of the molecule is Cc1cc(C)c(C(=O)N2CCCN(C(=O)Cc3ccc[nH]3)CC2)c(C)c1. The van der Waals surface area contributed by atoms with Gasteiger partial charge in [0, 0.05) is 43.6 Å². The molecule has 0 radical (unpaired) electrons. The van der Waals surface area contributed by atoms with Gasteiger partial charge in [0.25, 0.3) is 5.91 Å². The summed E-state index contributed by atoms with van der Waals surface area (Å²) >= 11 is 0. The molecule has 0 unspecified atom stereocenters. The lowest BCUT2D eigenvalue weighted by atomic mass is 9.98. The van der Waals surface area contributed by atoms with E-state index in [9.17, 15) is 9.59 Å². The zero-order chi connectivity index (χ0) is 18.7. The Hall–Kier alpha value is -2.56. The molecule has 0 aliphatic carbocycles. The van der Waals surface area contributed by atoms with Crippen LogP contribution in [0.1, 0.15) is 39.2 Å². The third kappa shape index (κ3) is 3.98. The summed E-state index contributed by atoms with van der Waals surface area (Å²) in [6.45, 7) is 8.62. The molecular weight excluding hydrogens is 326 g/mol. The summed E-state index contributed by atoms with van der Waals surface area (Å²) in [6.07, 6.45) is 3.03. The smallest absolute Gasteiger partial charge is 0.254 e. The van der Waals surface area contributed by atoms with Crippen molar-refractivity contribution in [2.45, 2.75) is 33.6 Å². The fraction of sp³-hybridized carbons (Fsp3) is 0.429. The van der Waals surface area contributed by atoms with Crippen LogP contribution in [0.4, 0.5) is 0 Å². The summed E-state index contributed by atoms with van der Waals surface area (Å²) in [5, 5.41) is 0. The first kappa shape index (κ1) is 18.2. The zero-order valence-electron chi connectivity index (χ0n) is 15.8. The van der Waals surface area contributed by atoms with Crippen molar-refractivity contribution in [3.63, 3.8) is 0 Å². The lowest BCUT2D eigenvalue weighted by Gasteiger charge is -2.23. The Morgan fingerprint density at radius 2 is 1.65 bits per heavy atom. The highest BCUT2D eigenvalue weighted by Crippen LogP contribution is 2.19. The van der Waals surface area contributed by atoms with Gasteiger partial charge in [-0.05, 0) is 50.5 Å². The van der Waals surface area contributed by atoms with E-state index in [1.54, 1.807) is 0 Å². The molecule has 0 bridgehead atoms. The van der Waals surface area contributed by atoms with Crippen LogP contribution in [-0.2, 0) is 11.2 Å². The number of carbonyl (C=O) groups excluding carboxylic acids is 2. The van der Waals surface area contributed by atoms with E-state index in [2.05, 4.69) is 17.1 Å². The Labute approximate surface area is 155 Å². The molecule has 1 aliphatic rings. The van der Waals surface area contributed by atoms with Gasteiger partial charge in [0.1, 0.15) is 0 Å². The molecule has 138 valence electrons. The van der Waals surface area contributed by atoms with Crippen molar-refractivity contribution in [1.82, 2.24) is 14.8 Å². The number of aromatic nitrogens is 1. The molecule has 0 atom stereocenters. The van der Waals surface area contributed by atoms with Crippen LogP contribution in [-0.4, -0.2) is 52.8 Å². The van der Waals surface area contributed by atoms with E-state index in [-0.39, 0.29) is 11.8 Å². The van der Waals surface area contributed by atoms with Gasteiger partial charge in [-0.2, -0.15) is 0 Å². The highest BCUT2D eigenvalue weighted by molar-refractivity contribution is 5.97. The minimum Gasteiger partial charge on any atom is -0.365 e. The second-order valence-electron chi connectivity index (χ2n) is 7.17. The number of nitrogens with zero attached hydrogens (tertiary/aromatic N) is 2. The van der Waals surface area contributed by atoms with E-state index in [4.69, 9.17) is 0 Å². The van der Waals surface area contributed by atoms with Crippen molar-refractivity contribution < 1.29 is 9.59 Å². The third-order valence-electron chi connectivity index (χ3n) is 5.03. The molecule has 5 nitrogen and oxygen atoms in total. The molecule has 1 aromatic carbocycles. The molecule has 2 aromatic rings. The van der Waals surface area contributed by atoms with E-state index < -0.39 is 0 Å². The largest absolute Gasteiger partial charge is 0.365 e. The summed E-state index contributed by atoms with van der Waals surface area (Å²) in [4.78, 5) is 32.4. The molecule has 1 N–H and O–H groups in total. The van der Waals surface area contributed by atoms with Gasteiger partial charge >= 0.3 is 0 Å². The molecular formula is C21H27N3O2. The number of nitrogens with one attached hydrogen (secondary N) is 1. The Morgan fingerprint density at radius 1 is 1.00 bits per heavy atom. The number of amides is 2. The van der Waals surface area contributed by atoms with E-state index in [1.807, 2.05) is 48.9 Å². The molecule has 2 heterocycles. The van der Waals surface area contributed by atoms with Gasteiger partial charge in [0.15, 0.2) is 0 Å². The predicted molar refractivity (Wildman–Crippen MR) is 102 cm³/mol. The van der Waals surface area contributed by atoms with Crippen LogP contribution in [0.15, 0.2) is 30.5 Å². The summed E-state index contributed by atoms with van der Waals surface area (Å²) in [7, 11) is 0. The predicted octanol–water partition coefficient (Wildman–Crippen LogP) is 2.86. The zero-order valence-corrected chi connectivity index (χ0v) is 15.8. The van der Waals surface area contributed by atoms with Crippen molar-refractivity contribution in [2.75, 3.05) is 26.2 Å². The maximum Gasteiger partial charge on any atom is 0.254 e. The Kier molecular flexibility index (Phi) is 5.45. The number of H-pyrrole nitrogens is 1. The molecule has 1 fully saturated rings. The second-order valence-corrected chi connectivity index (χ2v) is 7.17. The van der Waals surface area contributed by atoms with Gasteiger partial charge in [-0.25, -0.2) is 0 Å². The summed E-state index contributed by atoms with van der Waals surface area (Å²) in [5.41, 5.74) is 4.96. The lowest BCUT2D eigenvalue weighted by molar-refractivity contribution is -0.130. The molecule has 26 heavy (non-hydrogen) atoms. The molecule has 1 aliphatic heterocycles. The highest BCUT2D eigenvalue weighted by atomic mass is 16.2. The molecule has 2 amide bonds. The number of hydrogen-bond donors (Lipinski definition) is 1. The quantitative estimate of drug-likeness (QED) is 0.922. The molecule has 0 spiro atoms. The van der Waals surface area contributed by atoms with Crippen LogP contribution in [0, 0.1) is 20.8 Å². The van der Waals surface area contributed by atoms with Crippen molar-refractivity contribution in [1.29, 1.82) is 0 Å². The van der Waals surface area contributed by atoms with Crippen LogP contribution < -0.4 is 0 Å². The molecule has 3 rings (SSSR count). The second kappa shape index (κ2) is 7.77. The third-order valence-corrected chi connectivity index (χ3v) is 5.03. The lowest BCUT2D eigenvalue weighted by Crippen LogP contribution is -2.38. The summed E-state index contributed by atoms with van der Waals surface area (Å²) in [6, 6.07) is 7.95. The minimum absolute atomic E-state index is 0.0821. The molecule has 1 saturated heterocycles. The maximum atomic E-state index is 13.1. The number of benzene rings is 1. The van der Waals surface area contributed by atoms with Crippen molar-refractivity contribution in [3.05, 3.63) is 58.4 Å². The standard InChI is InChI=1S/C21H27N3O2/c1-15-12-16(2)20(17(3)13-15)21(26)24-9-5-8-23(10-11-24)19(25)14-18-6-4-7-22-18/h4,6-7,12-13,22H,5,8-11,14H2,1-3H3. The summed E-state index contributed by atoms with van der Waals surface area (Å²) < 4.78 is 0. The van der Waals surface area contributed by atoms with Crippen molar-refractivity contribution in [2.24, 2.45) is 0 Å². The van der Waals surface area contributed by atoms with Crippen LogP contribution in [0.3, 0.4) is 0 Å². The van der Waals surface area contributed by atoms with Crippen molar-refractivity contribution in [3.8, 4) is 0 Å². The van der Waals surface area contributed by atoms with Gasteiger partial charge in [0.2, 0.25) is 5.91 Å². The Morgan fingerprint density at radius 3 is 2.31 bits per heavy atom. The number of aromatic amines is 1. The topological polar surface area (TPSA) is 56.4 Å². The fourth-order valence-electron chi connectivity index (χ4n) is 3.80. The monoisotopic (exact) mass is 353 g/mol. The van der Waals surface area contributed by atoms with Crippen molar-refractivity contribution >= 4 is 11.8 Å². The van der Waals surface area contributed by atoms with Crippen LogP contribution >= 0.6 is 0 Å². The first-order chi connectivity index (χ1) is 12.5. The fourth-order valence-corrected chi connectivity index (χ4v) is 3.80. The Bertz CT molecular complexity index is 773. The molecule has 5 heteroatoms. The van der Waals surface area contributed by atoms with Crippen LogP contribution in [0.5, 0.6) is 0 Å². The van der Waals surface area contributed by atoms with E-state index in [0.29, 0.717) is 32.6 Å². The number of rotatable bonds is 3. The van der Waals surface area contributed by atoms with Crippen LogP contribution in [0.2, 0.25) is 0 Å². The average Bonchev–Trinajstić information content (AvgIpc) is 2.94. The number of hydrogen-bond acceptors (Lipinski definition) is 2.